The van der Waals surface area contributed by atoms with E-state index in [4.69, 9.17) is 0 Å². The van der Waals surface area contributed by atoms with E-state index >= 15 is 0 Å². The van der Waals surface area contributed by atoms with Gasteiger partial charge in [-0.3, -0.25) is 4.79 Å². The molecule has 17 heavy (non-hydrogen) atoms. The Morgan fingerprint density at radius 3 is 3.00 bits per heavy atom. The predicted molar refractivity (Wildman–Crippen MR) is 72.0 cm³/mol. The van der Waals surface area contributed by atoms with Crippen LogP contribution >= 0.6 is 0 Å². The lowest BCUT2D eigenvalue weighted by Gasteiger charge is -2.14. The molecule has 0 bridgehead atoms. The second-order valence-corrected chi connectivity index (χ2v) is 4.73. The largest absolute Gasteiger partial charge is 0.356 e. The van der Waals surface area contributed by atoms with Crippen molar-refractivity contribution in [2.75, 3.05) is 19.6 Å². The monoisotopic (exact) mass is 238 g/mol. The van der Waals surface area contributed by atoms with Crippen LogP contribution in [0, 0.1) is 0 Å². The molecule has 0 saturated carbocycles. The molecule has 1 amide bonds. The summed E-state index contributed by atoms with van der Waals surface area (Å²) in [6.07, 6.45) is 9.77. The summed E-state index contributed by atoms with van der Waals surface area (Å²) in [5.74, 6) is 0.218. The summed E-state index contributed by atoms with van der Waals surface area (Å²) >= 11 is 0. The average molecular weight is 238 g/mol. The molecular weight excluding hydrogens is 212 g/mol. The second-order valence-electron chi connectivity index (χ2n) is 4.73. The highest BCUT2D eigenvalue weighted by atomic mass is 16.1. The van der Waals surface area contributed by atoms with Crippen LogP contribution in [0.15, 0.2) is 11.6 Å². The molecule has 3 nitrogen and oxygen atoms in total. The molecule has 0 saturated heterocycles. The van der Waals surface area contributed by atoms with Gasteiger partial charge in [-0.05, 0) is 25.8 Å². The molecule has 0 fully saturated rings. The van der Waals surface area contributed by atoms with E-state index in [1.165, 1.54) is 24.8 Å². The molecule has 3 heteroatoms. The van der Waals surface area contributed by atoms with Crippen molar-refractivity contribution in [2.24, 2.45) is 0 Å². The average Bonchev–Trinajstić information content (AvgIpc) is 2.36. The number of hydrogen-bond donors (Lipinski definition) is 2. The topological polar surface area (TPSA) is 41.1 Å². The van der Waals surface area contributed by atoms with Crippen molar-refractivity contribution >= 4 is 5.91 Å². The highest BCUT2D eigenvalue weighted by Crippen LogP contribution is 2.08. The number of hydrogen-bond acceptors (Lipinski definition) is 2. The van der Waals surface area contributed by atoms with Crippen molar-refractivity contribution in [3.63, 3.8) is 0 Å². The number of nitrogens with one attached hydrogen (secondary N) is 2. The summed E-state index contributed by atoms with van der Waals surface area (Å²) in [6.45, 7) is 5.06. The van der Waals surface area contributed by atoms with Gasteiger partial charge in [0.2, 0.25) is 5.91 Å². The molecule has 0 aliphatic carbocycles. The van der Waals surface area contributed by atoms with Gasteiger partial charge >= 0.3 is 0 Å². The van der Waals surface area contributed by atoms with Crippen molar-refractivity contribution in [3.05, 3.63) is 11.6 Å². The van der Waals surface area contributed by atoms with Crippen LogP contribution in [0.25, 0.3) is 0 Å². The molecule has 0 unspecified atom stereocenters. The molecule has 0 atom stereocenters. The summed E-state index contributed by atoms with van der Waals surface area (Å²) in [5, 5.41) is 6.30. The number of carbonyl (C=O) groups is 1. The zero-order chi connectivity index (χ0) is 12.3. The summed E-state index contributed by atoms with van der Waals surface area (Å²) in [7, 11) is 0. The van der Waals surface area contributed by atoms with E-state index in [1.807, 2.05) is 0 Å². The third kappa shape index (κ3) is 7.16. The summed E-state index contributed by atoms with van der Waals surface area (Å²) in [4.78, 5) is 11.5. The van der Waals surface area contributed by atoms with E-state index in [0.29, 0.717) is 6.42 Å². The van der Waals surface area contributed by atoms with E-state index in [2.05, 4.69) is 23.6 Å². The summed E-state index contributed by atoms with van der Waals surface area (Å²) in [5.41, 5.74) is 1.48. The first-order valence-corrected chi connectivity index (χ1v) is 6.98. The molecule has 0 radical (unpaired) electrons. The van der Waals surface area contributed by atoms with Crippen LogP contribution < -0.4 is 10.6 Å². The zero-order valence-corrected chi connectivity index (χ0v) is 11.1. The third-order valence-electron chi connectivity index (χ3n) is 3.18. The third-order valence-corrected chi connectivity index (χ3v) is 3.18. The van der Waals surface area contributed by atoms with E-state index in [1.54, 1.807) is 0 Å². The van der Waals surface area contributed by atoms with E-state index in [0.717, 1.165) is 38.9 Å². The lowest BCUT2D eigenvalue weighted by Crippen LogP contribution is -2.26. The van der Waals surface area contributed by atoms with Gasteiger partial charge in [-0.15, -0.1) is 0 Å². The van der Waals surface area contributed by atoms with Gasteiger partial charge in [-0.25, -0.2) is 0 Å². The maximum absolute atomic E-state index is 11.5. The van der Waals surface area contributed by atoms with Gasteiger partial charge in [-0.1, -0.05) is 37.8 Å². The van der Waals surface area contributed by atoms with Gasteiger partial charge in [0.1, 0.15) is 0 Å². The Kier molecular flexibility index (Phi) is 7.72. The second kappa shape index (κ2) is 9.23. The van der Waals surface area contributed by atoms with Crippen molar-refractivity contribution < 1.29 is 4.79 Å². The highest BCUT2D eigenvalue weighted by Gasteiger charge is 2.04. The minimum atomic E-state index is 0.218. The number of rotatable bonds is 8. The van der Waals surface area contributed by atoms with E-state index in [9.17, 15) is 4.79 Å². The first-order valence-electron chi connectivity index (χ1n) is 6.98. The highest BCUT2D eigenvalue weighted by molar-refractivity contribution is 5.75. The van der Waals surface area contributed by atoms with Crippen LogP contribution in [-0.4, -0.2) is 25.5 Å². The van der Waals surface area contributed by atoms with Gasteiger partial charge in [0.15, 0.2) is 0 Å². The van der Waals surface area contributed by atoms with E-state index < -0.39 is 0 Å². The first-order chi connectivity index (χ1) is 8.33. The van der Waals surface area contributed by atoms with Crippen molar-refractivity contribution in [1.82, 2.24) is 10.6 Å². The van der Waals surface area contributed by atoms with Crippen LogP contribution in [0.1, 0.15) is 51.9 Å². The Hall–Kier alpha value is -0.830. The Morgan fingerprint density at radius 1 is 1.41 bits per heavy atom. The quantitative estimate of drug-likeness (QED) is 0.503. The van der Waals surface area contributed by atoms with Gasteiger partial charge in [0.25, 0.3) is 0 Å². The molecule has 98 valence electrons. The molecule has 0 aromatic carbocycles. The molecular formula is C14H26N2O. The Morgan fingerprint density at radius 2 is 2.29 bits per heavy atom. The van der Waals surface area contributed by atoms with Gasteiger partial charge in [0.05, 0.1) is 0 Å². The summed E-state index contributed by atoms with van der Waals surface area (Å²) in [6, 6.07) is 0. The molecule has 1 heterocycles. The molecule has 2 N–H and O–H groups in total. The van der Waals surface area contributed by atoms with Crippen molar-refractivity contribution in [1.29, 1.82) is 0 Å². The van der Waals surface area contributed by atoms with Crippen molar-refractivity contribution in [2.45, 2.75) is 51.9 Å². The van der Waals surface area contributed by atoms with Gasteiger partial charge in [-0.2, -0.15) is 0 Å². The fourth-order valence-corrected chi connectivity index (χ4v) is 2.06. The van der Waals surface area contributed by atoms with Crippen LogP contribution in [0.2, 0.25) is 0 Å². The van der Waals surface area contributed by atoms with Crippen LogP contribution in [0.5, 0.6) is 0 Å². The SMILES string of the molecule is CCCCCCC(=O)NCCC1=CCNCC1. The number of unbranched alkanes of at least 4 members (excludes halogenated alkanes) is 3. The molecule has 0 aromatic heterocycles. The Labute approximate surface area is 105 Å². The minimum absolute atomic E-state index is 0.218. The lowest BCUT2D eigenvalue weighted by atomic mass is 10.1. The van der Waals surface area contributed by atoms with Gasteiger partial charge in [0, 0.05) is 19.5 Å². The molecule has 1 rings (SSSR count). The maximum atomic E-state index is 11.5. The normalized spacial score (nSPS) is 15.5. The number of amides is 1. The lowest BCUT2D eigenvalue weighted by molar-refractivity contribution is -0.121. The first kappa shape index (κ1) is 14.2. The maximum Gasteiger partial charge on any atom is 0.220 e. The van der Waals surface area contributed by atoms with Crippen LogP contribution in [0.3, 0.4) is 0 Å². The van der Waals surface area contributed by atoms with Crippen LogP contribution in [-0.2, 0) is 4.79 Å². The summed E-state index contributed by atoms with van der Waals surface area (Å²) < 4.78 is 0. The zero-order valence-electron chi connectivity index (χ0n) is 11.1. The molecule has 0 spiro atoms. The van der Waals surface area contributed by atoms with Crippen LogP contribution in [0.4, 0.5) is 0 Å². The van der Waals surface area contributed by atoms with E-state index in [-0.39, 0.29) is 5.91 Å². The molecule has 0 aromatic rings. The standard InChI is InChI=1S/C14H26N2O/c1-2-3-4-5-6-14(17)16-12-9-13-7-10-15-11-8-13/h7,15H,2-6,8-12H2,1H3,(H,16,17). The van der Waals surface area contributed by atoms with Gasteiger partial charge < -0.3 is 10.6 Å². The molecule has 1 aliphatic heterocycles. The molecule has 1 aliphatic rings. The fraction of sp³-hybridized carbons (Fsp3) is 0.786. The Balaban J connectivity index is 1.98. The smallest absolute Gasteiger partial charge is 0.220 e. The number of carbonyl (C=O) groups excluding carboxylic acids is 1. The van der Waals surface area contributed by atoms with Crippen molar-refractivity contribution in [3.8, 4) is 0 Å². The Bertz CT molecular complexity index is 249. The minimum Gasteiger partial charge on any atom is -0.356 e. The fourth-order valence-electron chi connectivity index (χ4n) is 2.06. The predicted octanol–water partition coefficient (Wildman–Crippen LogP) is 2.38.